The highest BCUT2D eigenvalue weighted by Crippen LogP contribution is 2.41. The molecule has 0 bridgehead atoms. The highest BCUT2D eigenvalue weighted by Gasteiger charge is 2.48. The number of aromatic amines is 1. The summed E-state index contributed by atoms with van der Waals surface area (Å²) in [5.41, 5.74) is 2.21. The molecule has 2 N–H and O–H groups in total. The van der Waals surface area contributed by atoms with E-state index in [0.717, 1.165) is 11.3 Å². The van der Waals surface area contributed by atoms with Gasteiger partial charge in [-0.15, -0.1) is 10.2 Å². The van der Waals surface area contributed by atoms with Crippen molar-refractivity contribution in [1.29, 1.82) is 0 Å². The third kappa shape index (κ3) is 2.39. The van der Waals surface area contributed by atoms with Crippen molar-refractivity contribution in [1.82, 2.24) is 25.1 Å². The number of aliphatic hydroxyl groups is 1. The van der Waals surface area contributed by atoms with Gasteiger partial charge in [0.15, 0.2) is 0 Å². The minimum absolute atomic E-state index is 0.0579. The number of pyridine rings is 1. The predicted octanol–water partition coefficient (Wildman–Crippen LogP) is 1.28. The molecule has 4 heterocycles. The van der Waals surface area contributed by atoms with Crippen LogP contribution in [0.25, 0.3) is 5.76 Å². The Kier molecular flexibility index (Phi) is 3.58. The molecule has 4 rings (SSSR count). The molecule has 0 aromatic carbocycles. The van der Waals surface area contributed by atoms with Gasteiger partial charge in [-0.2, -0.15) is 0 Å². The van der Waals surface area contributed by atoms with Crippen LogP contribution in [0.15, 0.2) is 48.1 Å². The molecule has 0 saturated carbocycles. The maximum absolute atomic E-state index is 12.6. The Hall–Kier alpha value is -3.40. The largest absolute Gasteiger partial charge is 0.507 e. The van der Waals surface area contributed by atoms with Gasteiger partial charge in [0.1, 0.15) is 17.3 Å². The minimum atomic E-state index is -0.879. The molecule has 0 spiro atoms. The zero-order valence-corrected chi connectivity index (χ0v) is 13.3. The van der Waals surface area contributed by atoms with E-state index in [1.807, 2.05) is 0 Å². The third-order valence-electron chi connectivity index (χ3n) is 3.75. The Morgan fingerprint density at radius 3 is 2.80 bits per heavy atom. The number of hydrogen-bond donors (Lipinski definition) is 2. The van der Waals surface area contributed by atoms with Gasteiger partial charge < -0.3 is 10.1 Å². The number of H-pyrrole nitrogens is 1. The Labute approximate surface area is 144 Å². The number of imidazole rings is 1. The molecule has 3 aromatic rings. The first-order valence-electron chi connectivity index (χ1n) is 7.14. The molecule has 1 aliphatic rings. The van der Waals surface area contributed by atoms with Gasteiger partial charge in [0.2, 0.25) is 5.13 Å². The summed E-state index contributed by atoms with van der Waals surface area (Å²) >= 11 is 1.12. The van der Waals surface area contributed by atoms with E-state index < -0.39 is 17.7 Å². The molecule has 0 aliphatic carbocycles. The summed E-state index contributed by atoms with van der Waals surface area (Å²) in [4.78, 5) is 37.2. The average Bonchev–Trinajstić information content (AvgIpc) is 3.37. The van der Waals surface area contributed by atoms with E-state index in [1.165, 1.54) is 29.1 Å². The second-order valence-electron chi connectivity index (χ2n) is 5.14. The number of rotatable bonds is 3. The van der Waals surface area contributed by atoms with Crippen molar-refractivity contribution in [2.45, 2.75) is 6.04 Å². The number of aromatic nitrogens is 5. The first-order valence-corrected chi connectivity index (χ1v) is 8.02. The quantitative estimate of drug-likeness (QED) is 0.412. The van der Waals surface area contributed by atoms with Crippen molar-refractivity contribution in [3.05, 3.63) is 59.4 Å². The topological polar surface area (TPSA) is 125 Å². The van der Waals surface area contributed by atoms with Gasteiger partial charge in [0.05, 0.1) is 23.8 Å². The number of amides is 1. The maximum Gasteiger partial charge on any atom is 0.302 e. The van der Waals surface area contributed by atoms with Crippen molar-refractivity contribution < 1.29 is 14.7 Å². The molecule has 25 heavy (non-hydrogen) atoms. The number of Topliss-reactive ketones (excluding diaryl/α,β-unsaturated/α-hetero) is 1. The lowest BCUT2D eigenvalue weighted by atomic mass is 10.00. The van der Waals surface area contributed by atoms with E-state index in [1.54, 1.807) is 18.3 Å². The number of ketones is 1. The number of anilines is 1. The molecule has 1 atom stereocenters. The summed E-state index contributed by atoms with van der Waals surface area (Å²) in [6.07, 6.45) is 5.88. The van der Waals surface area contributed by atoms with Crippen LogP contribution in [0, 0.1) is 0 Å². The first kappa shape index (κ1) is 15.1. The van der Waals surface area contributed by atoms with Gasteiger partial charge in [-0.1, -0.05) is 11.3 Å². The predicted molar refractivity (Wildman–Crippen MR) is 87.5 cm³/mol. The fourth-order valence-corrected chi connectivity index (χ4v) is 3.26. The Morgan fingerprint density at radius 1 is 1.28 bits per heavy atom. The van der Waals surface area contributed by atoms with Gasteiger partial charge in [-0.3, -0.25) is 19.5 Å². The van der Waals surface area contributed by atoms with Crippen LogP contribution in [0.1, 0.15) is 17.3 Å². The van der Waals surface area contributed by atoms with Gasteiger partial charge in [-0.05, 0) is 12.1 Å². The fraction of sp³-hybridized carbons (Fsp3) is 0.0667. The monoisotopic (exact) mass is 354 g/mol. The van der Waals surface area contributed by atoms with E-state index in [0.29, 0.717) is 11.3 Å². The Bertz CT molecular complexity index is 953. The van der Waals surface area contributed by atoms with E-state index in [9.17, 15) is 14.7 Å². The lowest BCUT2D eigenvalue weighted by molar-refractivity contribution is -0.132. The average molecular weight is 354 g/mol. The molecular formula is C15H10N6O3S. The number of nitrogens with one attached hydrogen (secondary N) is 1. The van der Waals surface area contributed by atoms with Gasteiger partial charge >= 0.3 is 5.91 Å². The molecule has 3 aromatic heterocycles. The van der Waals surface area contributed by atoms with E-state index >= 15 is 0 Å². The summed E-state index contributed by atoms with van der Waals surface area (Å²) in [7, 11) is 0. The van der Waals surface area contributed by atoms with E-state index in [2.05, 4.69) is 25.1 Å². The molecule has 0 radical (unpaired) electrons. The van der Waals surface area contributed by atoms with Crippen molar-refractivity contribution >= 4 is 33.9 Å². The molecule has 9 nitrogen and oxygen atoms in total. The number of aliphatic hydroxyl groups excluding tert-OH is 1. The van der Waals surface area contributed by atoms with Crippen LogP contribution in [0.4, 0.5) is 5.13 Å². The standard InChI is InChI=1S/C15H10N6O3S/c22-12(8-2-1-3-16-4-8)10-11(9-5-17-6-18-9)21(14(24)13(10)23)15-20-19-7-25-15/h1-7,11,22H,(H,17,18)/b12-10+. The SMILES string of the molecule is O=C1C(=O)N(c2nncs2)C(c2cnc[nH]2)/C1=C(\O)c1cccnc1. The van der Waals surface area contributed by atoms with Crippen molar-refractivity contribution in [2.24, 2.45) is 0 Å². The number of nitrogens with zero attached hydrogens (tertiary/aromatic N) is 5. The second-order valence-corrected chi connectivity index (χ2v) is 5.95. The van der Waals surface area contributed by atoms with Crippen molar-refractivity contribution in [3.63, 3.8) is 0 Å². The Morgan fingerprint density at radius 2 is 2.16 bits per heavy atom. The fourth-order valence-electron chi connectivity index (χ4n) is 2.67. The third-order valence-corrected chi connectivity index (χ3v) is 4.44. The van der Waals surface area contributed by atoms with E-state index in [-0.39, 0.29) is 16.5 Å². The second kappa shape index (κ2) is 5.91. The van der Waals surface area contributed by atoms with Gasteiger partial charge in [0.25, 0.3) is 5.78 Å². The lowest BCUT2D eigenvalue weighted by Crippen LogP contribution is -2.29. The summed E-state index contributed by atoms with van der Waals surface area (Å²) in [5, 5.41) is 18.5. The van der Waals surface area contributed by atoms with Crippen molar-refractivity contribution in [3.8, 4) is 0 Å². The summed E-state index contributed by atoms with van der Waals surface area (Å²) in [6.45, 7) is 0. The van der Waals surface area contributed by atoms with Crippen LogP contribution in [-0.4, -0.2) is 41.9 Å². The van der Waals surface area contributed by atoms with Crippen LogP contribution >= 0.6 is 11.3 Å². The van der Waals surface area contributed by atoms with Gasteiger partial charge in [0, 0.05) is 18.0 Å². The summed E-state index contributed by atoms with van der Waals surface area (Å²) in [5.74, 6) is -1.91. The van der Waals surface area contributed by atoms with Crippen LogP contribution in [0.3, 0.4) is 0 Å². The van der Waals surface area contributed by atoms with Crippen LogP contribution in [0.5, 0.6) is 0 Å². The highest BCUT2D eigenvalue weighted by molar-refractivity contribution is 7.13. The molecule has 1 fully saturated rings. The zero-order valence-electron chi connectivity index (χ0n) is 12.5. The molecule has 1 unspecified atom stereocenters. The molecule has 1 saturated heterocycles. The molecule has 1 amide bonds. The van der Waals surface area contributed by atoms with E-state index in [4.69, 9.17) is 0 Å². The summed E-state index contributed by atoms with van der Waals surface area (Å²) < 4.78 is 0. The lowest BCUT2D eigenvalue weighted by Gasteiger charge is -2.20. The van der Waals surface area contributed by atoms with Gasteiger partial charge in [-0.25, -0.2) is 4.98 Å². The minimum Gasteiger partial charge on any atom is -0.507 e. The normalized spacial score (nSPS) is 19.5. The molecular weight excluding hydrogens is 344 g/mol. The number of carbonyl (C=O) groups excluding carboxylic acids is 2. The number of hydrogen-bond acceptors (Lipinski definition) is 8. The maximum atomic E-state index is 12.6. The van der Waals surface area contributed by atoms with Crippen molar-refractivity contribution in [2.75, 3.05) is 4.90 Å². The Balaban J connectivity index is 1.93. The molecule has 10 heteroatoms. The van der Waals surface area contributed by atoms with Crippen LogP contribution < -0.4 is 4.90 Å². The summed E-state index contributed by atoms with van der Waals surface area (Å²) in [6, 6.07) is 2.35. The smallest absolute Gasteiger partial charge is 0.302 e. The highest BCUT2D eigenvalue weighted by atomic mass is 32.1. The van der Waals surface area contributed by atoms with Crippen LogP contribution in [0.2, 0.25) is 0 Å². The molecule has 1 aliphatic heterocycles. The van der Waals surface area contributed by atoms with Crippen LogP contribution in [-0.2, 0) is 9.59 Å². The molecule has 124 valence electrons. The number of carbonyl (C=O) groups is 2. The zero-order chi connectivity index (χ0) is 17.4. The first-order chi connectivity index (χ1) is 12.2.